The van der Waals surface area contributed by atoms with E-state index in [1.54, 1.807) is 50.2 Å². The van der Waals surface area contributed by atoms with Crippen molar-refractivity contribution in [2.75, 3.05) is 29.1 Å². The lowest BCUT2D eigenvalue weighted by Gasteiger charge is -2.07. The normalized spacial score (nSPS) is 9.36. The first-order valence-corrected chi connectivity index (χ1v) is 8.82. The number of benzene rings is 1. The number of aromatic nitrogens is 1. The predicted molar refractivity (Wildman–Crippen MR) is 113 cm³/mol. The molecular formula is C19H30N6O3. The van der Waals surface area contributed by atoms with Gasteiger partial charge < -0.3 is 33.0 Å². The van der Waals surface area contributed by atoms with Crippen LogP contribution in [0.5, 0.6) is 5.75 Å². The van der Waals surface area contributed by atoms with Gasteiger partial charge in [-0.05, 0) is 24.3 Å². The molecule has 1 amide bonds. The Labute approximate surface area is 165 Å². The second kappa shape index (κ2) is 12.9. The van der Waals surface area contributed by atoms with Crippen molar-refractivity contribution in [2.45, 2.75) is 27.7 Å². The van der Waals surface area contributed by atoms with E-state index >= 15 is 0 Å². The van der Waals surface area contributed by atoms with Crippen LogP contribution in [0, 0.1) is 5.92 Å². The van der Waals surface area contributed by atoms with Crippen LogP contribution in [-0.4, -0.2) is 23.4 Å². The molecule has 9 N–H and O–H groups in total. The van der Waals surface area contributed by atoms with E-state index in [9.17, 15) is 9.59 Å². The van der Waals surface area contributed by atoms with E-state index in [4.69, 9.17) is 27.7 Å². The maximum atomic E-state index is 11.2. The number of nitrogens with two attached hydrogens (primary N) is 4. The van der Waals surface area contributed by atoms with Crippen molar-refractivity contribution in [2.24, 2.45) is 11.7 Å². The zero-order valence-corrected chi connectivity index (χ0v) is 16.7. The summed E-state index contributed by atoms with van der Waals surface area (Å²) >= 11 is 0. The topological polar surface area (TPSA) is 172 Å². The van der Waals surface area contributed by atoms with Crippen LogP contribution in [0.1, 0.15) is 27.7 Å². The first-order chi connectivity index (χ1) is 13.2. The van der Waals surface area contributed by atoms with Crippen molar-refractivity contribution in [3.05, 3.63) is 36.4 Å². The van der Waals surface area contributed by atoms with Gasteiger partial charge in [0.15, 0.2) is 5.75 Å². The number of nitrogen functional groups attached to an aromatic ring is 3. The second-order valence-electron chi connectivity index (χ2n) is 5.54. The van der Waals surface area contributed by atoms with Gasteiger partial charge in [0.1, 0.15) is 11.6 Å². The number of rotatable bonds is 4. The third-order valence-electron chi connectivity index (χ3n) is 3.01. The molecule has 0 saturated carbocycles. The van der Waals surface area contributed by atoms with Crippen LogP contribution in [-0.2, 0) is 9.59 Å². The van der Waals surface area contributed by atoms with E-state index in [-0.39, 0.29) is 30.2 Å². The van der Waals surface area contributed by atoms with Crippen molar-refractivity contribution in [3.63, 3.8) is 0 Å². The van der Waals surface area contributed by atoms with Crippen LogP contribution < -0.4 is 33.0 Å². The number of esters is 1. The summed E-state index contributed by atoms with van der Waals surface area (Å²) < 4.78 is 5.04. The molecule has 0 bridgehead atoms. The third-order valence-corrected chi connectivity index (χ3v) is 3.01. The largest absolute Gasteiger partial charge is 0.424 e. The molecule has 0 unspecified atom stereocenters. The van der Waals surface area contributed by atoms with Crippen LogP contribution >= 0.6 is 0 Å². The molecule has 0 fully saturated rings. The summed E-state index contributed by atoms with van der Waals surface area (Å²) in [6, 6.07) is 10.1. The maximum Gasteiger partial charge on any atom is 0.313 e. The van der Waals surface area contributed by atoms with Crippen LogP contribution in [0.2, 0.25) is 0 Å². The lowest BCUT2D eigenvalue weighted by Crippen LogP contribution is -2.22. The molecule has 1 aromatic heterocycles. The zero-order valence-electron chi connectivity index (χ0n) is 16.7. The number of carbonyl (C=O) groups is 2. The Bertz CT molecular complexity index is 765. The van der Waals surface area contributed by atoms with Gasteiger partial charge in [-0.2, -0.15) is 0 Å². The SMILES string of the molecule is CC.CC(C)C(=O)Oc1ccccc1N.NCC(=O)Nc1ccc(N)c(N)n1. The predicted octanol–water partition coefficient (Wildman–Crippen LogP) is 2.00. The Kier molecular flexibility index (Phi) is 11.4. The molecule has 0 radical (unpaired) electrons. The minimum atomic E-state index is -0.323. The number of carbonyl (C=O) groups excluding carboxylic acids is 2. The van der Waals surface area contributed by atoms with Crippen LogP contribution in [0.4, 0.5) is 23.0 Å². The molecule has 1 heterocycles. The number of hydrogen-bond acceptors (Lipinski definition) is 8. The number of amides is 1. The van der Waals surface area contributed by atoms with E-state index in [0.717, 1.165) is 0 Å². The minimum Gasteiger partial charge on any atom is -0.424 e. The highest BCUT2D eigenvalue weighted by Crippen LogP contribution is 2.20. The number of nitrogens with one attached hydrogen (secondary N) is 1. The number of nitrogens with zero attached hydrogens (tertiary/aromatic N) is 1. The molecule has 0 aliphatic rings. The summed E-state index contributed by atoms with van der Waals surface area (Å²) in [5.41, 5.74) is 22.4. The van der Waals surface area contributed by atoms with Crippen LogP contribution in [0.25, 0.3) is 0 Å². The maximum absolute atomic E-state index is 11.2. The summed E-state index contributed by atoms with van der Waals surface area (Å²) in [5.74, 6) is 0.243. The van der Waals surface area contributed by atoms with Gasteiger partial charge in [0, 0.05) is 0 Å². The summed E-state index contributed by atoms with van der Waals surface area (Å²) in [5, 5.41) is 2.45. The molecule has 0 spiro atoms. The van der Waals surface area contributed by atoms with Crippen molar-refractivity contribution >= 4 is 34.9 Å². The van der Waals surface area contributed by atoms with Gasteiger partial charge in [0.25, 0.3) is 0 Å². The lowest BCUT2D eigenvalue weighted by atomic mass is 10.2. The highest BCUT2D eigenvalue weighted by Gasteiger charge is 2.10. The van der Waals surface area contributed by atoms with Gasteiger partial charge >= 0.3 is 5.97 Å². The van der Waals surface area contributed by atoms with Crippen molar-refractivity contribution in [1.29, 1.82) is 0 Å². The Balaban J connectivity index is 0.000000478. The first-order valence-electron chi connectivity index (χ1n) is 8.82. The molecule has 9 nitrogen and oxygen atoms in total. The molecule has 0 aliphatic heterocycles. The lowest BCUT2D eigenvalue weighted by molar-refractivity contribution is -0.137. The summed E-state index contributed by atoms with van der Waals surface area (Å²) in [6.07, 6.45) is 0. The number of pyridine rings is 1. The molecular weight excluding hydrogens is 360 g/mol. The third kappa shape index (κ3) is 8.86. The molecule has 0 aliphatic carbocycles. The van der Waals surface area contributed by atoms with Gasteiger partial charge in [-0.1, -0.05) is 39.8 Å². The molecule has 2 rings (SSSR count). The van der Waals surface area contributed by atoms with Gasteiger partial charge in [0.05, 0.1) is 23.8 Å². The molecule has 154 valence electrons. The molecule has 0 saturated heterocycles. The quantitative estimate of drug-likeness (QED) is 0.299. The average molecular weight is 390 g/mol. The zero-order chi connectivity index (χ0) is 21.7. The van der Waals surface area contributed by atoms with E-state index in [1.807, 2.05) is 13.8 Å². The number of para-hydroxylation sites is 2. The van der Waals surface area contributed by atoms with Gasteiger partial charge in [-0.3, -0.25) is 9.59 Å². The average Bonchev–Trinajstić information content (AvgIpc) is 2.68. The number of ether oxygens (including phenoxy) is 1. The Morgan fingerprint density at radius 1 is 1.04 bits per heavy atom. The van der Waals surface area contributed by atoms with Crippen molar-refractivity contribution < 1.29 is 14.3 Å². The molecule has 28 heavy (non-hydrogen) atoms. The summed E-state index contributed by atoms with van der Waals surface area (Å²) in [4.78, 5) is 25.8. The van der Waals surface area contributed by atoms with E-state index in [1.165, 1.54) is 0 Å². The number of anilines is 4. The van der Waals surface area contributed by atoms with Crippen molar-refractivity contribution in [3.8, 4) is 5.75 Å². The smallest absolute Gasteiger partial charge is 0.313 e. The fourth-order valence-corrected chi connectivity index (χ4v) is 1.55. The molecule has 2 aromatic rings. The highest BCUT2D eigenvalue weighted by molar-refractivity contribution is 5.91. The summed E-state index contributed by atoms with van der Waals surface area (Å²) in [6.45, 7) is 7.47. The fraction of sp³-hybridized carbons (Fsp3) is 0.316. The molecule has 9 heteroatoms. The monoisotopic (exact) mass is 390 g/mol. The van der Waals surface area contributed by atoms with Crippen molar-refractivity contribution in [1.82, 2.24) is 4.98 Å². The van der Waals surface area contributed by atoms with Crippen LogP contribution in [0.3, 0.4) is 0 Å². The van der Waals surface area contributed by atoms with Crippen LogP contribution in [0.15, 0.2) is 36.4 Å². The Morgan fingerprint density at radius 3 is 2.14 bits per heavy atom. The van der Waals surface area contributed by atoms with Gasteiger partial charge in [0.2, 0.25) is 5.91 Å². The molecule has 1 aromatic carbocycles. The summed E-state index contributed by atoms with van der Waals surface area (Å²) in [7, 11) is 0. The Morgan fingerprint density at radius 2 is 1.64 bits per heavy atom. The minimum absolute atomic E-state index is 0.0913. The Hall–Kier alpha value is -3.33. The van der Waals surface area contributed by atoms with Gasteiger partial charge in [-0.25, -0.2) is 4.98 Å². The second-order valence-corrected chi connectivity index (χ2v) is 5.54. The van der Waals surface area contributed by atoms with E-state index < -0.39 is 0 Å². The molecule has 0 atom stereocenters. The fourth-order valence-electron chi connectivity index (χ4n) is 1.55. The van der Waals surface area contributed by atoms with E-state index in [0.29, 0.717) is 22.9 Å². The standard InChI is InChI=1S/C10H13NO2.C7H11N5O.C2H6/c1-7(2)10(12)13-9-6-4-3-5-8(9)11;8-3-6(13)11-5-2-1-4(9)7(10)12-5;1-2/h3-7H,11H2,1-2H3;1-2H,3,8-9H2,(H3,10,11,12,13);1-2H3. The van der Waals surface area contributed by atoms with Gasteiger partial charge in [-0.15, -0.1) is 0 Å². The highest BCUT2D eigenvalue weighted by atomic mass is 16.5. The van der Waals surface area contributed by atoms with E-state index in [2.05, 4.69) is 10.3 Å². The number of hydrogen-bond donors (Lipinski definition) is 5. The first kappa shape index (κ1) is 24.7.